The Morgan fingerprint density at radius 1 is 1.38 bits per heavy atom. The number of benzene rings is 1. The van der Waals surface area contributed by atoms with Gasteiger partial charge in [0.2, 0.25) is 0 Å². The summed E-state index contributed by atoms with van der Waals surface area (Å²) in [5.41, 5.74) is 1.74. The number of nitrogens with zero attached hydrogens (tertiary/aromatic N) is 2. The summed E-state index contributed by atoms with van der Waals surface area (Å²) in [7, 11) is 0. The van der Waals surface area contributed by atoms with Gasteiger partial charge in [-0.3, -0.25) is 0 Å². The van der Waals surface area contributed by atoms with Crippen LogP contribution in [-0.4, -0.2) is 26.4 Å². The SMILES string of the molecule is Cc1cn(CCO)c(-c2cccc(O)c2)n1. The highest BCUT2D eigenvalue weighted by Crippen LogP contribution is 2.22. The van der Waals surface area contributed by atoms with Gasteiger partial charge in [0.15, 0.2) is 0 Å². The third-order valence-corrected chi connectivity index (χ3v) is 2.34. The number of phenolic OH excluding ortho intramolecular Hbond substituents is 1. The molecule has 84 valence electrons. The molecular weight excluding hydrogens is 204 g/mol. The molecule has 0 aliphatic carbocycles. The van der Waals surface area contributed by atoms with Crippen LogP contribution in [0.25, 0.3) is 11.4 Å². The van der Waals surface area contributed by atoms with Crippen LogP contribution in [0.3, 0.4) is 0 Å². The normalized spacial score (nSPS) is 10.6. The quantitative estimate of drug-likeness (QED) is 0.821. The van der Waals surface area contributed by atoms with E-state index in [1.807, 2.05) is 23.8 Å². The molecule has 4 heteroatoms. The van der Waals surface area contributed by atoms with E-state index in [4.69, 9.17) is 5.11 Å². The van der Waals surface area contributed by atoms with Gasteiger partial charge in [-0.05, 0) is 19.1 Å². The molecule has 0 saturated heterocycles. The van der Waals surface area contributed by atoms with Crippen molar-refractivity contribution in [2.24, 2.45) is 0 Å². The summed E-state index contributed by atoms with van der Waals surface area (Å²) in [6.07, 6.45) is 1.88. The van der Waals surface area contributed by atoms with E-state index >= 15 is 0 Å². The number of aliphatic hydroxyl groups is 1. The molecule has 0 amide bonds. The Bertz CT molecular complexity index is 492. The molecule has 1 aromatic carbocycles. The molecule has 0 bridgehead atoms. The summed E-state index contributed by atoms with van der Waals surface area (Å²) < 4.78 is 1.88. The zero-order valence-corrected chi connectivity index (χ0v) is 9.09. The van der Waals surface area contributed by atoms with Crippen LogP contribution < -0.4 is 0 Å². The average molecular weight is 218 g/mol. The second kappa shape index (κ2) is 4.37. The molecule has 0 fully saturated rings. The standard InChI is InChI=1S/C12H14N2O2/c1-9-8-14(5-6-15)12(13-9)10-3-2-4-11(16)7-10/h2-4,7-8,15-16H,5-6H2,1H3. The van der Waals surface area contributed by atoms with Crippen molar-refractivity contribution in [1.29, 1.82) is 0 Å². The summed E-state index contributed by atoms with van der Waals surface area (Å²) >= 11 is 0. The Morgan fingerprint density at radius 2 is 2.19 bits per heavy atom. The van der Waals surface area contributed by atoms with Gasteiger partial charge in [0.05, 0.1) is 12.3 Å². The van der Waals surface area contributed by atoms with Gasteiger partial charge in [0.25, 0.3) is 0 Å². The molecule has 2 aromatic rings. The van der Waals surface area contributed by atoms with Crippen molar-refractivity contribution in [3.8, 4) is 17.1 Å². The Kier molecular flexibility index (Phi) is 2.92. The molecule has 1 heterocycles. The van der Waals surface area contributed by atoms with Crippen molar-refractivity contribution in [2.45, 2.75) is 13.5 Å². The lowest BCUT2D eigenvalue weighted by Gasteiger charge is -2.05. The van der Waals surface area contributed by atoms with E-state index in [1.165, 1.54) is 0 Å². The maximum atomic E-state index is 9.42. The highest BCUT2D eigenvalue weighted by Gasteiger charge is 2.08. The minimum Gasteiger partial charge on any atom is -0.508 e. The zero-order valence-electron chi connectivity index (χ0n) is 9.09. The van der Waals surface area contributed by atoms with Crippen LogP contribution in [0, 0.1) is 6.92 Å². The zero-order chi connectivity index (χ0) is 11.5. The van der Waals surface area contributed by atoms with Crippen LogP contribution in [0.4, 0.5) is 0 Å². The number of aryl methyl sites for hydroxylation is 1. The minimum atomic E-state index is 0.0710. The predicted octanol–water partition coefficient (Wildman–Crippen LogP) is 1.56. The van der Waals surface area contributed by atoms with Gasteiger partial charge in [-0.1, -0.05) is 12.1 Å². The minimum absolute atomic E-state index is 0.0710. The summed E-state index contributed by atoms with van der Waals surface area (Å²) in [6.45, 7) is 2.48. The maximum Gasteiger partial charge on any atom is 0.140 e. The van der Waals surface area contributed by atoms with E-state index in [0.29, 0.717) is 6.54 Å². The molecule has 4 nitrogen and oxygen atoms in total. The number of aromatic hydroxyl groups is 1. The van der Waals surface area contributed by atoms with Crippen LogP contribution in [-0.2, 0) is 6.54 Å². The number of phenols is 1. The Morgan fingerprint density at radius 3 is 2.88 bits per heavy atom. The van der Waals surface area contributed by atoms with E-state index in [9.17, 15) is 5.11 Å². The molecule has 0 aliphatic rings. The van der Waals surface area contributed by atoms with Crippen molar-refractivity contribution in [3.63, 3.8) is 0 Å². The van der Waals surface area contributed by atoms with Crippen LogP contribution in [0.1, 0.15) is 5.69 Å². The predicted molar refractivity (Wildman–Crippen MR) is 61.2 cm³/mol. The molecule has 0 aliphatic heterocycles. The molecule has 16 heavy (non-hydrogen) atoms. The van der Waals surface area contributed by atoms with Crippen LogP contribution in [0.2, 0.25) is 0 Å². The Balaban J connectivity index is 2.46. The first kappa shape index (κ1) is 10.7. The van der Waals surface area contributed by atoms with Crippen molar-refractivity contribution in [3.05, 3.63) is 36.2 Å². The van der Waals surface area contributed by atoms with Gasteiger partial charge < -0.3 is 14.8 Å². The second-order valence-corrected chi connectivity index (χ2v) is 3.67. The highest BCUT2D eigenvalue weighted by molar-refractivity contribution is 5.58. The van der Waals surface area contributed by atoms with Crippen LogP contribution in [0.15, 0.2) is 30.5 Å². The molecular formula is C12H14N2O2. The Labute approximate surface area is 93.8 Å². The lowest BCUT2D eigenvalue weighted by atomic mass is 10.2. The third-order valence-electron chi connectivity index (χ3n) is 2.34. The smallest absolute Gasteiger partial charge is 0.140 e. The fraction of sp³-hybridized carbons (Fsp3) is 0.250. The fourth-order valence-corrected chi connectivity index (χ4v) is 1.70. The van der Waals surface area contributed by atoms with Crippen LogP contribution >= 0.6 is 0 Å². The Hall–Kier alpha value is -1.81. The van der Waals surface area contributed by atoms with Crippen molar-refractivity contribution >= 4 is 0 Å². The molecule has 0 radical (unpaired) electrons. The molecule has 2 rings (SSSR count). The van der Waals surface area contributed by atoms with E-state index in [-0.39, 0.29) is 12.4 Å². The first-order chi connectivity index (χ1) is 7.70. The fourth-order valence-electron chi connectivity index (χ4n) is 1.70. The maximum absolute atomic E-state index is 9.42. The second-order valence-electron chi connectivity index (χ2n) is 3.67. The molecule has 1 aromatic heterocycles. The first-order valence-corrected chi connectivity index (χ1v) is 5.15. The van der Waals surface area contributed by atoms with E-state index in [0.717, 1.165) is 17.1 Å². The van der Waals surface area contributed by atoms with Gasteiger partial charge >= 0.3 is 0 Å². The van der Waals surface area contributed by atoms with Gasteiger partial charge in [0.1, 0.15) is 11.6 Å². The average Bonchev–Trinajstić information content (AvgIpc) is 2.60. The van der Waals surface area contributed by atoms with Gasteiger partial charge in [-0.25, -0.2) is 4.98 Å². The van der Waals surface area contributed by atoms with Gasteiger partial charge in [-0.15, -0.1) is 0 Å². The van der Waals surface area contributed by atoms with Gasteiger partial charge in [0, 0.05) is 18.3 Å². The summed E-state index contributed by atoms with van der Waals surface area (Å²) in [4.78, 5) is 4.38. The molecule has 0 unspecified atom stereocenters. The van der Waals surface area contributed by atoms with E-state index < -0.39 is 0 Å². The van der Waals surface area contributed by atoms with E-state index in [2.05, 4.69) is 4.98 Å². The molecule has 0 spiro atoms. The lowest BCUT2D eigenvalue weighted by molar-refractivity contribution is 0.276. The largest absolute Gasteiger partial charge is 0.508 e. The highest BCUT2D eigenvalue weighted by atomic mass is 16.3. The number of rotatable bonds is 3. The van der Waals surface area contributed by atoms with Gasteiger partial charge in [-0.2, -0.15) is 0 Å². The third kappa shape index (κ3) is 2.06. The monoisotopic (exact) mass is 218 g/mol. The lowest BCUT2D eigenvalue weighted by Crippen LogP contribution is -2.02. The van der Waals surface area contributed by atoms with Crippen molar-refractivity contribution < 1.29 is 10.2 Å². The summed E-state index contributed by atoms with van der Waals surface area (Å²) in [5, 5.41) is 18.4. The number of imidazole rings is 1. The first-order valence-electron chi connectivity index (χ1n) is 5.15. The number of hydrogen-bond acceptors (Lipinski definition) is 3. The summed E-state index contributed by atoms with van der Waals surface area (Å²) in [5.74, 6) is 0.983. The molecule has 0 atom stereocenters. The number of aromatic nitrogens is 2. The topological polar surface area (TPSA) is 58.3 Å². The van der Waals surface area contributed by atoms with E-state index in [1.54, 1.807) is 18.2 Å². The molecule has 0 saturated carbocycles. The number of aliphatic hydroxyl groups excluding tert-OH is 1. The summed E-state index contributed by atoms with van der Waals surface area (Å²) in [6, 6.07) is 6.94. The van der Waals surface area contributed by atoms with Crippen LogP contribution in [0.5, 0.6) is 5.75 Å². The number of hydrogen-bond donors (Lipinski definition) is 2. The van der Waals surface area contributed by atoms with Crippen molar-refractivity contribution in [2.75, 3.05) is 6.61 Å². The molecule has 2 N–H and O–H groups in total. The van der Waals surface area contributed by atoms with Crippen molar-refractivity contribution in [1.82, 2.24) is 9.55 Å².